The Morgan fingerprint density at radius 1 is 1.04 bits per heavy atom. The first-order valence-electron chi connectivity index (χ1n) is 9.09. The van der Waals surface area contributed by atoms with E-state index in [-0.39, 0.29) is 18.8 Å². The van der Waals surface area contributed by atoms with Crippen molar-refractivity contribution in [2.45, 2.75) is 70.8 Å². The van der Waals surface area contributed by atoms with Crippen LogP contribution >= 0.6 is 0 Å². The highest BCUT2D eigenvalue weighted by Gasteiger charge is 2.22. The van der Waals surface area contributed by atoms with Crippen molar-refractivity contribution < 1.29 is 23.9 Å². The quantitative estimate of drug-likeness (QED) is 0.211. The van der Waals surface area contributed by atoms with Crippen molar-refractivity contribution in [3.8, 4) is 0 Å². The number of ether oxygens (including phenoxy) is 1. The zero-order chi connectivity index (χ0) is 18.4. The van der Waals surface area contributed by atoms with E-state index in [0.29, 0.717) is 17.4 Å². The molecule has 0 fully saturated rings. The Morgan fingerprint density at radius 2 is 1.67 bits per heavy atom. The fourth-order valence-corrected chi connectivity index (χ4v) is 2.49. The Balaban J connectivity index is 3.97. The van der Waals surface area contributed by atoms with Crippen LogP contribution in [0.2, 0.25) is 0 Å². The predicted molar refractivity (Wildman–Crippen MR) is 94.2 cm³/mol. The van der Waals surface area contributed by atoms with Gasteiger partial charge in [-0.3, -0.25) is 4.79 Å². The summed E-state index contributed by atoms with van der Waals surface area (Å²) in [5.41, 5.74) is 0. The predicted octanol–water partition coefficient (Wildman–Crippen LogP) is 2.44. The van der Waals surface area contributed by atoms with Gasteiger partial charge in [-0.15, -0.1) is 0 Å². The number of aliphatic carboxylic acids is 1. The summed E-state index contributed by atoms with van der Waals surface area (Å²) in [5.74, 6) is -1.54. The van der Waals surface area contributed by atoms with E-state index >= 15 is 0 Å². The van der Waals surface area contributed by atoms with Gasteiger partial charge in [0.15, 0.2) is 6.10 Å². The molecule has 0 aliphatic rings. The van der Waals surface area contributed by atoms with Crippen molar-refractivity contribution in [2.24, 2.45) is 0 Å². The molecule has 0 saturated heterocycles. The smallest absolute Gasteiger partial charge is 0.306 e. The van der Waals surface area contributed by atoms with E-state index in [2.05, 4.69) is 13.0 Å². The van der Waals surface area contributed by atoms with Gasteiger partial charge in [0.25, 0.3) is 0 Å². The molecular formula is C19H35NO4. The zero-order valence-corrected chi connectivity index (χ0v) is 15.9. The number of carboxylic acid groups (broad SMARTS) is 1. The van der Waals surface area contributed by atoms with Crippen molar-refractivity contribution in [2.75, 3.05) is 27.7 Å². The van der Waals surface area contributed by atoms with Gasteiger partial charge in [0.05, 0.1) is 21.1 Å². The zero-order valence-electron chi connectivity index (χ0n) is 15.9. The van der Waals surface area contributed by atoms with E-state index in [4.69, 9.17) is 4.74 Å². The molecule has 0 aromatic rings. The van der Waals surface area contributed by atoms with Gasteiger partial charge in [-0.25, -0.2) is 0 Å². The number of rotatable bonds is 14. The average molecular weight is 341 g/mol. The summed E-state index contributed by atoms with van der Waals surface area (Å²) in [6.07, 6.45) is 11.5. The molecule has 0 aliphatic heterocycles. The molecule has 1 unspecified atom stereocenters. The minimum atomic E-state index is -1.19. The second kappa shape index (κ2) is 13.0. The third-order valence-corrected chi connectivity index (χ3v) is 3.60. The number of hydrogen-bond donors (Lipinski definition) is 0. The monoisotopic (exact) mass is 341 g/mol. The number of carbonyl (C=O) groups is 2. The van der Waals surface area contributed by atoms with Gasteiger partial charge in [0.1, 0.15) is 6.54 Å². The minimum Gasteiger partial charge on any atom is -0.550 e. The van der Waals surface area contributed by atoms with Gasteiger partial charge >= 0.3 is 5.97 Å². The van der Waals surface area contributed by atoms with Crippen molar-refractivity contribution >= 4 is 11.9 Å². The average Bonchev–Trinajstić information content (AvgIpc) is 2.42. The van der Waals surface area contributed by atoms with Gasteiger partial charge in [-0.05, 0) is 19.3 Å². The van der Waals surface area contributed by atoms with Crippen LogP contribution < -0.4 is 5.11 Å². The second-order valence-electron chi connectivity index (χ2n) is 7.37. The van der Waals surface area contributed by atoms with E-state index < -0.39 is 12.1 Å². The lowest BCUT2D eigenvalue weighted by atomic mass is 10.1. The van der Waals surface area contributed by atoms with E-state index in [9.17, 15) is 14.7 Å². The summed E-state index contributed by atoms with van der Waals surface area (Å²) >= 11 is 0. The topological polar surface area (TPSA) is 66.4 Å². The number of hydrogen-bond acceptors (Lipinski definition) is 4. The summed E-state index contributed by atoms with van der Waals surface area (Å²) in [7, 11) is 5.79. The molecular weight excluding hydrogens is 306 g/mol. The Bertz CT molecular complexity index is 385. The fourth-order valence-electron chi connectivity index (χ4n) is 2.49. The number of allylic oxidation sites excluding steroid dienone is 2. The first kappa shape index (κ1) is 22.6. The Morgan fingerprint density at radius 3 is 2.25 bits per heavy atom. The maximum absolute atomic E-state index is 11.9. The minimum absolute atomic E-state index is 0.255. The van der Waals surface area contributed by atoms with Crippen LogP contribution in [0.3, 0.4) is 0 Å². The summed E-state index contributed by atoms with van der Waals surface area (Å²) < 4.78 is 5.83. The fraction of sp³-hybridized carbons (Fsp3) is 0.789. The number of quaternary nitrogens is 1. The molecule has 0 spiro atoms. The number of carbonyl (C=O) groups excluding carboxylic acids is 2. The van der Waals surface area contributed by atoms with Crippen molar-refractivity contribution in [1.29, 1.82) is 0 Å². The number of carboxylic acids is 1. The highest BCUT2D eigenvalue weighted by atomic mass is 16.5. The largest absolute Gasteiger partial charge is 0.550 e. The molecule has 0 rings (SSSR count). The van der Waals surface area contributed by atoms with Crippen LogP contribution in [0, 0.1) is 0 Å². The molecule has 0 aromatic heterocycles. The SMILES string of the molecule is CCCCCCCC=CCCC(=O)OC(CC(=O)[O-])C[N+](C)(C)C. The van der Waals surface area contributed by atoms with Crippen LogP contribution in [-0.2, 0) is 14.3 Å². The Kier molecular flexibility index (Phi) is 12.3. The maximum atomic E-state index is 11.9. The number of likely N-dealkylation sites (N-methyl/N-ethyl adjacent to an activating group) is 1. The number of esters is 1. The molecule has 0 amide bonds. The Labute approximate surface area is 147 Å². The molecule has 0 saturated carbocycles. The molecule has 0 radical (unpaired) electrons. The first-order chi connectivity index (χ1) is 11.2. The summed E-state index contributed by atoms with van der Waals surface area (Å²) in [6, 6.07) is 0. The van der Waals surface area contributed by atoms with E-state index in [0.717, 1.165) is 6.42 Å². The van der Waals surface area contributed by atoms with Gasteiger partial charge in [0, 0.05) is 18.8 Å². The standard InChI is InChI=1S/C19H35NO4/c1-5-6-7-8-9-10-11-12-13-14-19(23)24-17(15-18(21)22)16-20(2,3)4/h11-12,17H,5-10,13-16H2,1-4H3. The van der Waals surface area contributed by atoms with Gasteiger partial charge in [0.2, 0.25) is 0 Å². The lowest BCUT2D eigenvalue weighted by Gasteiger charge is -2.29. The molecule has 140 valence electrons. The molecule has 1 atom stereocenters. The van der Waals surface area contributed by atoms with Gasteiger partial charge in [-0.2, -0.15) is 0 Å². The lowest BCUT2D eigenvalue weighted by Crippen LogP contribution is -2.45. The van der Waals surface area contributed by atoms with Gasteiger partial charge in [-0.1, -0.05) is 44.8 Å². The maximum Gasteiger partial charge on any atom is 0.306 e. The lowest BCUT2D eigenvalue weighted by molar-refractivity contribution is -0.873. The van der Waals surface area contributed by atoms with Crippen molar-refractivity contribution in [1.82, 2.24) is 0 Å². The van der Waals surface area contributed by atoms with E-state index in [1.54, 1.807) is 0 Å². The van der Waals surface area contributed by atoms with Crippen LogP contribution in [0.5, 0.6) is 0 Å². The third kappa shape index (κ3) is 15.5. The van der Waals surface area contributed by atoms with E-state index in [1.165, 1.54) is 32.1 Å². The van der Waals surface area contributed by atoms with Crippen LogP contribution in [-0.4, -0.2) is 50.2 Å². The molecule has 24 heavy (non-hydrogen) atoms. The molecule has 5 nitrogen and oxygen atoms in total. The van der Waals surface area contributed by atoms with Crippen molar-refractivity contribution in [3.63, 3.8) is 0 Å². The summed E-state index contributed by atoms with van der Waals surface area (Å²) in [6.45, 7) is 2.66. The van der Waals surface area contributed by atoms with Crippen molar-refractivity contribution in [3.05, 3.63) is 12.2 Å². The highest BCUT2D eigenvalue weighted by molar-refractivity contribution is 5.71. The molecule has 0 aliphatic carbocycles. The molecule has 0 aromatic carbocycles. The summed E-state index contributed by atoms with van der Waals surface area (Å²) in [4.78, 5) is 22.6. The van der Waals surface area contributed by atoms with E-state index in [1.807, 2.05) is 27.2 Å². The van der Waals surface area contributed by atoms with Gasteiger partial charge < -0.3 is 19.1 Å². The van der Waals surface area contributed by atoms with Crippen LogP contribution in [0.4, 0.5) is 0 Å². The Hall–Kier alpha value is -1.36. The summed E-state index contributed by atoms with van der Waals surface area (Å²) in [5, 5.41) is 10.8. The second-order valence-corrected chi connectivity index (χ2v) is 7.37. The third-order valence-electron chi connectivity index (χ3n) is 3.60. The number of unbranched alkanes of at least 4 members (excludes halogenated alkanes) is 5. The highest BCUT2D eigenvalue weighted by Crippen LogP contribution is 2.08. The first-order valence-corrected chi connectivity index (χ1v) is 9.09. The van der Waals surface area contributed by atoms with Crippen LogP contribution in [0.15, 0.2) is 12.2 Å². The molecule has 0 N–H and O–H groups in total. The van der Waals surface area contributed by atoms with Crippen LogP contribution in [0.1, 0.15) is 64.7 Å². The number of nitrogens with zero attached hydrogens (tertiary/aromatic N) is 1. The molecule has 5 heteroatoms. The van der Waals surface area contributed by atoms with Crippen LogP contribution in [0.25, 0.3) is 0 Å². The normalized spacial score (nSPS) is 13.2. The molecule has 0 bridgehead atoms. The molecule has 0 heterocycles.